The molecule has 0 spiro atoms. The molecule has 1 unspecified atom stereocenters. The number of halogens is 2. The quantitative estimate of drug-likeness (QED) is 0.703. The Kier molecular flexibility index (Phi) is 8.95. The summed E-state index contributed by atoms with van der Waals surface area (Å²) in [6.07, 6.45) is 1.20. The van der Waals surface area contributed by atoms with E-state index in [4.69, 9.17) is 4.74 Å². The van der Waals surface area contributed by atoms with Gasteiger partial charge in [-0.05, 0) is 55.4 Å². The normalized spacial score (nSPS) is 11.3. The summed E-state index contributed by atoms with van der Waals surface area (Å²) >= 11 is 0. The predicted molar refractivity (Wildman–Crippen MR) is 99.8 cm³/mol. The minimum atomic E-state index is -0.321. The van der Waals surface area contributed by atoms with E-state index in [9.17, 15) is 9.18 Å². The number of methoxy groups -OCH3 is 1. The lowest BCUT2D eigenvalue weighted by molar-refractivity contribution is -0.121. The molecule has 0 fully saturated rings. The first-order valence-corrected chi connectivity index (χ1v) is 7.97. The fourth-order valence-corrected chi connectivity index (χ4v) is 2.47. The topological polar surface area (TPSA) is 50.4 Å². The Morgan fingerprint density at radius 2 is 1.64 bits per heavy atom. The molecule has 4 nitrogen and oxygen atoms in total. The van der Waals surface area contributed by atoms with E-state index in [0.717, 1.165) is 29.8 Å². The Labute approximate surface area is 154 Å². The lowest BCUT2D eigenvalue weighted by Gasteiger charge is -2.20. The predicted octanol–water partition coefficient (Wildman–Crippen LogP) is 3.46. The van der Waals surface area contributed by atoms with Crippen LogP contribution in [0.5, 0.6) is 5.75 Å². The number of hydrogen-bond donors (Lipinski definition) is 2. The molecule has 0 saturated carbocycles. The minimum Gasteiger partial charge on any atom is -0.497 e. The summed E-state index contributed by atoms with van der Waals surface area (Å²) in [5, 5.41) is 6.06. The number of carbonyl (C=O) groups excluding carboxylic acids is 1. The van der Waals surface area contributed by atoms with Crippen molar-refractivity contribution < 1.29 is 13.9 Å². The monoisotopic (exact) mass is 366 g/mol. The zero-order valence-electron chi connectivity index (χ0n) is 14.4. The van der Waals surface area contributed by atoms with E-state index in [2.05, 4.69) is 10.6 Å². The van der Waals surface area contributed by atoms with E-state index in [1.165, 1.54) is 12.1 Å². The van der Waals surface area contributed by atoms with Crippen LogP contribution in [-0.4, -0.2) is 26.6 Å². The SMILES string of the molecule is CNCCCC(=O)NC(c1ccc(F)cc1)c1ccc(OC)cc1.Cl. The molecule has 0 aliphatic heterocycles. The molecule has 0 radical (unpaired) electrons. The zero-order chi connectivity index (χ0) is 17.4. The summed E-state index contributed by atoms with van der Waals surface area (Å²) in [6, 6.07) is 13.4. The fraction of sp³-hybridized carbons (Fsp3) is 0.316. The second kappa shape index (κ2) is 10.7. The molecule has 136 valence electrons. The molecule has 0 bridgehead atoms. The molecule has 6 heteroatoms. The van der Waals surface area contributed by atoms with Crippen LogP contribution in [-0.2, 0) is 4.79 Å². The Bertz CT molecular complexity index is 647. The number of amides is 1. The highest BCUT2D eigenvalue weighted by atomic mass is 35.5. The number of hydrogen-bond acceptors (Lipinski definition) is 3. The van der Waals surface area contributed by atoms with Gasteiger partial charge in [0.15, 0.2) is 0 Å². The number of rotatable bonds is 8. The first kappa shape index (κ1) is 20.9. The van der Waals surface area contributed by atoms with Gasteiger partial charge >= 0.3 is 0 Å². The molecule has 0 heterocycles. The molecule has 0 saturated heterocycles. The molecular formula is C19H24ClFN2O2. The van der Waals surface area contributed by atoms with Crippen LogP contribution >= 0.6 is 12.4 Å². The summed E-state index contributed by atoms with van der Waals surface area (Å²) in [4.78, 5) is 12.2. The van der Waals surface area contributed by atoms with Crippen LogP contribution in [0, 0.1) is 5.82 Å². The summed E-state index contributed by atoms with van der Waals surface area (Å²) < 4.78 is 18.4. The van der Waals surface area contributed by atoms with Crippen molar-refractivity contribution in [3.05, 3.63) is 65.5 Å². The number of benzene rings is 2. The molecule has 2 aromatic rings. The maximum absolute atomic E-state index is 13.2. The van der Waals surface area contributed by atoms with E-state index < -0.39 is 0 Å². The smallest absolute Gasteiger partial charge is 0.220 e. The van der Waals surface area contributed by atoms with E-state index in [1.54, 1.807) is 19.2 Å². The summed E-state index contributed by atoms with van der Waals surface area (Å²) in [5.41, 5.74) is 1.76. The van der Waals surface area contributed by atoms with Crippen molar-refractivity contribution in [1.29, 1.82) is 0 Å². The average Bonchev–Trinajstić information content (AvgIpc) is 2.61. The third-order valence-corrected chi connectivity index (χ3v) is 3.79. The van der Waals surface area contributed by atoms with Crippen molar-refractivity contribution in [2.45, 2.75) is 18.9 Å². The average molecular weight is 367 g/mol. The lowest BCUT2D eigenvalue weighted by Crippen LogP contribution is -2.29. The van der Waals surface area contributed by atoms with Crippen molar-refractivity contribution in [2.75, 3.05) is 20.7 Å². The lowest BCUT2D eigenvalue weighted by atomic mass is 9.98. The number of ether oxygens (including phenoxy) is 1. The van der Waals surface area contributed by atoms with E-state index >= 15 is 0 Å². The van der Waals surface area contributed by atoms with Gasteiger partial charge in [0, 0.05) is 6.42 Å². The molecule has 1 atom stereocenters. The summed E-state index contributed by atoms with van der Waals surface area (Å²) in [5.74, 6) is 0.417. The van der Waals surface area contributed by atoms with Crippen LogP contribution in [0.1, 0.15) is 30.0 Å². The van der Waals surface area contributed by atoms with Crippen molar-refractivity contribution in [3.8, 4) is 5.75 Å². The molecule has 0 aliphatic rings. The molecule has 25 heavy (non-hydrogen) atoms. The Balaban J connectivity index is 0.00000312. The largest absolute Gasteiger partial charge is 0.497 e. The molecule has 2 rings (SSSR count). The highest BCUT2D eigenvalue weighted by Crippen LogP contribution is 2.24. The maximum Gasteiger partial charge on any atom is 0.220 e. The maximum atomic E-state index is 13.2. The van der Waals surface area contributed by atoms with Crippen molar-refractivity contribution in [1.82, 2.24) is 10.6 Å². The molecular weight excluding hydrogens is 343 g/mol. The van der Waals surface area contributed by atoms with Gasteiger partial charge in [-0.15, -0.1) is 12.4 Å². The minimum absolute atomic E-state index is 0. The van der Waals surface area contributed by atoms with Gasteiger partial charge in [0.05, 0.1) is 13.2 Å². The Morgan fingerprint density at radius 3 is 2.16 bits per heavy atom. The number of nitrogens with one attached hydrogen (secondary N) is 2. The Hall–Kier alpha value is -2.11. The van der Waals surface area contributed by atoms with Gasteiger partial charge in [0.2, 0.25) is 5.91 Å². The van der Waals surface area contributed by atoms with Crippen molar-refractivity contribution >= 4 is 18.3 Å². The van der Waals surface area contributed by atoms with Gasteiger partial charge in [0.25, 0.3) is 0 Å². The van der Waals surface area contributed by atoms with Crippen LogP contribution in [0.15, 0.2) is 48.5 Å². The van der Waals surface area contributed by atoms with Crippen LogP contribution in [0.4, 0.5) is 4.39 Å². The van der Waals surface area contributed by atoms with Crippen LogP contribution in [0.3, 0.4) is 0 Å². The standard InChI is InChI=1S/C19H23FN2O2.ClH/c1-21-13-3-4-18(23)22-19(14-5-9-16(20)10-6-14)15-7-11-17(24-2)12-8-15;/h5-12,19,21H,3-4,13H2,1-2H3,(H,22,23);1H. The van der Waals surface area contributed by atoms with Gasteiger partial charge < -0.3 is 15.4 Å². The van der Waals surface area contributed by atoms with Crippen molar-refractivity contribution in [3.63, 3.8) is 0 Å². The Morgan fingerprint density at radius 1 is 1.08 bits per heavy atom. The zero-order valence-corrected chi connectivity index (χ0v) is 15.2. The number of carbonyl (C=O) groups is 1. The van der Waals surface area contributed by atoms with Crippen LogP contribution in [0.2, 0.25) is 0 Å². The summed E-state index contributed by atoms with van der Waals surface area (Å²) in [6.45, 7) is 0.789. The van der Waals surface area contributed by atoms with E-state index in [0.29, 0.717) is 6.42 Å². The van der Waals surface area contributed by atoms with Gasteiger partial charge in [-0.1, -0.05) is 24.3 Å². The molecule has 2 N–H and O–H groups in total. The molecule has 0 aliphatic carbocycles. The van der Waals surface area contributed by atoms with Gasteiger partial charge in [-0.2, -0.15) is 0 Å². The molecule has 1 amide bonds. The van der Waals surface area contributed by atoms with E-state index in [1.807, 2.05) is 31.3 Å². The van der Waals surface area contributed by atoms with Crippen LogP contribution < -0.4 is 15.4 Å². The first-order chi connectivity index (χ1) is 11.6. The fourth-order valence-electron chi connectivity index (χ4n) is 2.47. The highest BCUT2D eigenvalue weighted by molar-refractivity contribution is 5.85. The summed E-state index contributed by atoms with van der Waals surface area (Å²) in [7, 11) is 3.46. The van der Waals surface area contributed by atoms with Crippen molar-refractivity contribution in [2.24, 2.45) is 0 Å². The molecule has 0 aromatic heterocycles. The van der Waals surface area contributed by atoms with Gasteiger partial charge in [-0.3, -0.25) is 4.79 Å². The second-order valence-electron chi connectivity index (χ2n) is 5.53. The first-order valence-electron chi connectivity index (χ1n) is 7.97. The van der Waals surface area contributed by atoms with Gasteiger partial charge in [-0.25, -0.2) is 4.39 Å². The highest BCUT2D eigenvalue weighted by Gasteiger charge is 2.17. The van der Waals surface area contributed by atoms with Gasteiger partial charge in [0.1, 0.15) is 11.6 Å². The third kappa shape index (κ3) is 6.36. The van der Waals surface area contributed by atoms with Crippen LogP contribution in [0.25, 0.3) is 0 Å². The second-order valence-corrected chi connectivity index (χ2v) is 5.53. The molecule has 2 aromatic carbocycles. The third-order valence-electron chi connectivity index (χ3n) is 3.79. The van der Waals surface area contributed by atoms with E-state index in [-0.39, 0.29) is 30.2 Å².